The van der Waals surface area contributed by atoms with Crippen LogP contribution in [-0.2, 0) is 11.8 Å². The molecule has 5 nitrogen and oxygen atoms in total. The second-order valence-corrected chi connectivity index (χ2v) is 8.98. The molecule has 0 unspecified atom stereocenters. The zero-order valence-corrected chi connectivity index (χ0v) is 20.7. The molecule has 0 amide bonds. The van der Waals surface area contributed by atoms with Gasteiger partial charge in [-0.25, -0.2) is 4.98 Å². The Morgan fingerprint density at radius 2 is 2.07 bits per heavy atom. The summed E-state index contributed by atoms with van der Waals surface area (Å²) in [5, 5.41) is 11.1. The molecule has 0 radical (unpaired) electrons. The molecule has 8 heteroatoms. The fraction of sp³-hybridized carbons (Fsp3) is 0.524. The molecule has 158 valence electrons. The van der Waals surface area contributed by atoms with Crippen molar-refractivity contribution in [2.75, 3.05) is 38.1 Å². The van der Waals surface area contributed by atoms with Gasteiger partial charge in [-0.1, -0.05) is 23.7 Å². The van der Waals surface area contributed by atoms with Crippen molar-refractivity contribution in [3.63, 3.8) is 0 Å². The van der Waals surface area contributed by atoms with Gasteiger partial charge in [0.05, 0.1) is 5.69 Å². The van der Waals surface area contributed by atoms with E-state index in [1.807, 2.05) is 19.2 Å². The summed E-state index contributed by atoms with van der Waals surface area (Å²) in [4.78, 5) is 11.6. The Hall–Kier alpha value is -1.06. The number of nitrogens with zero attached hydrogens (tertiary/aromatic N) is 3. The number of halogens is 2. The molecule has 1 aliphatic heterocycles. The number of aromatic nitrogens is 1. The summed E-state index contributed by atoms with van der Waals surface area (Å²) in [6.07, 6.45) is 5.86. The molecule has 0 spiro atoms. The van der Waals surface area contributed by atoms with Crippen LogP contribution in [-0.4, -0.2) is 44.2 Å². The standard InChI is InChI=1S/C21H28ClN5S.HI/c1-23-19(25-15-21(8-9-21)16-5-4-6-17(22)13-16)24-10-7-18-14-28-20(26-18)27-11-2-3-12-27;/h4-6,13-14H,2-3,7-12,15H2,1H3,(H2,23,24,25);1H. The first-order valence-electron chi connectivity index (χ1n) is 10.1. The van der Waals surface area contributed by atoms with Crippen LogP contribution in [0, 0.1) is 0 Å². The summed E-state index contributed by atoms with van der Waals surface area (Å²) in [6, 6.07) is 8.24. The van der Waals surface area contributed by atoms with Crippen molar-refractivity contribution >= 4 is 58.0 Å². The Kier molecular flexibility index (Phi) is 8.04. The molecule has 0 bridgehead atoms. The second-order valence-electron chi connectivity index (χ2n) is 7.71. The van der Waals surface area contributed by atoms with Crippen molar-refractivity contribution in [1.82, 2.24) is 15.6 Å². The highest BCUT2D eigenvalue weighted by atomic mass is 127. The largest absolute Gasteiger partial charge is 0.356 e. The van der Waals surface area contributed by atoms with E-state index in [0.717, 1.165) is 49.3 Å². The fourth-order valence-electron chi connectivity index (χ4n) is 3.78. The molecule has 1 saturated carbocycles. The summed E-state index contributed by atoms with van der Waals surface area (Å²) >= 11 is 7.94. The van der Waals surface area contributed by atoms with Crippen molar-refractivity contribution in [2.24, 2.45) is 4.99 Å². The Balaban J connectivity index is 0.00000240. The highest BCUT2D eigenvalue weighted by Crippen LogP contribution is 2.48. The van der Waals surface area contributed by atoms with Gasteiger partial charge in [-0.15, -0.1) is 35.3 Å². The van der Waals surface area contributed by atoms with Crippen LogP contribution in [0.2, 0.25) is 5.02 Å². The zero-order valence-electron chi connectivity index (χ0n) is 16.8. The van der Waals surface area contributed by atoms with Crippen LogP contribution >= 0.6 is 46.9 Å². The number of anilines is 1. The molecule has 2 aromatic rings. The van der Waals surface area contributed by atoms with E-state index in [2.05, 4.69) is 38.0 Å². The van der Waals surface area contributed by atoms with Crippen LogP contribution in [0.15, 0.2) is 34.6 Å². The van der Waals surface area contributed by atoms with Crippen molar-refractivity contribution in [3.05, 3.63) is 45.9 Å². The molecule has 29 heavy (non-hydrogen) atoms. The van der Waals surface area contributed by atoms with E-state index in [0.29, 0.717) is 0 Å². The highest BCUT2D eigenvalue weighted by molar-refractivity contribution is 14.0. The third kappa shape index (κ3) is 5.76. The van der Waals surface area contributed by atoms with Crippen LogP contribution < -0.4 is 15.5 Å². The first-order valence-corrected chi connectivity index (χ1v) is 11.3. The van der Waals surface area contributed by atoms with Crippen molar-refractivity contribution in [3.8, 4) is 0 Å². The highest BCUT2D eigenvalue weighted by Gasteiger charge is 2.44. The number of thiazole rings is 1. The molecule has 2 fully saturated rings. The van der Waals surface area contributed by atoms with Gasteiger partial charge in [-0.05, 0) is 43.4 Å². The van der Waals surface area contributed by atoms with Crippen LogP contribution in [0.1, 0.15) is 36.9 Å². The summed E-state index contributed by atoms with van der Waals surface area (Å²) in [6.45, 7) is 4.00. The maximum Gasteiger partial charge on any atom is 0.191 e. The van der Waals surface area contributed by atoms with Crippen molar-refractivity contribution in [1.29, 1.82) is 0 Å². The third-order valence-corrected chi connectivity index (χ3v) is 6.88. The normalized spacial score (nSPS) is 17.7. The summed E-state index contributed by atoms with van der Waals surface area (Å²) in [7, 11) is 1.82. The first-order chi connectivity index (χ1) is 13.7. The van der Waals surface area contributed by atoms with Gasteiger partial charge < -0.3 is 15.5 Å². The number of rotatable bonds is 7. The zero-order chi connectivity index (χ0) is 19.4. The average molecular weight is 546 g/mol. The van der Waals surface area contributed by atoms with Gasteiger partial charge in [0.2, 0.25) is 0 Å². The molecular weight excluding hydrogens is 517 g/mol. The predicted molar refractivity (Wildman–Crippen MR) is 134 cm³/mol. The van der Waals surface area contributed by atoms with E-state index >= 15 is 0 Å². The average Bonchev–Trinajstić information content (AvgIpc) is 3.08. The minimum Gasteiger partial charge on any atom is -0.356 e. The minimum absolute atomic E-state index is 0. The van der Waals surface area contributed by atoms with Gasteiger partial charge in [-0.2, -0.15) is 0 Å². The Bertz CT molecular complexity index is 830. The van der Waals surface area contributed by atoms with E-state index in [-0.39, 0.29) is 29.4 Å². The topological polar surface area (TPSA) is 52.6 Å². The third-order valence-electron chi connectivity index (χ3n) is 5.70. The first kappa shape index (κ1) is 22.6. The second kappa shape index (κ2) is 10.3. The summed E-state index contributed by atoms with van der Waals surface area (Å²) < 4.78 is 0. The predicted octanol–water partition coefficient (Wildman–Crippen LogP) is 4.45. The van der Waals surface area contributed by atoms with Gasteiger partial charge in [0.1, 0.15) is 0 Å². The number of guanidine groups is 1. The molecule has 1 aliphatic carbocycles. The molecule has 1 aromatic heterocycles. The lowest BCUT2D eigenvalue weighted by Crippen LogP contribution is -2.42. The van der Waals surface area contributed by atoms with Gasteiger partial charge >= 0.3 is 0 Å². The Morgan fingerprint density at radius 3 is 2.76 bits per heavy atom. The maximum atomic E-state index is 6.17. The van der Waals surface area contributed by atoms with E-state index in [1.54, 1.807) is 11.3 Å². The SMILES string of the molecule is CN=C(NCCc1csc(N2CCCC2)n1)NCC1(c2cccc(Cl)c2)CC1.I. The molecule has 2 heterocycles. The molecule has 1 aromatic carbocycles. The van der Waals surface area contributed by atoms with Crippen LogP contribution in [0.5, 0.6) is 0 Å². The van der Waals surface area contributed by atoms with Gasteiger partial charge in [-0.3, -0.25) is 4.99 Å². The van der Waals surface area contributed by atoms with Crippen LogP contribution in [0.25, 0.3) is 0 Å². The van der Waals surface area contributed by atoms with Crippen molar-refractivity contribution < 1.29 is 0 Å². The van der Waals surface area contributed by atoms with Gasteiger partial charge in [0, 0.05) is 55.5 Å². The van der Waals surface area contributed by atoms with Crippen LogP contribution in [0.4, 0.5) is 5.13 Å². The monoisotopic (exact) mass is 545 g/mol. The lowest BCUT2D eigenvalue weighted by Gasteiger charge is -2.19. The van der Waals surface area contributed by atoms with E-state index in [4.69, 9.17) is 16.6 Å². The number of hydrogen-bond donors (Lipinski definition) is 2. The fourth-order valence-corrected chi connectivity index (χ4v) is 4.89. The molecule has 4 rings (SSSR count). The quantitative estimate of drug-likeness (QED) is 0.307. The smallest absolute Gasteiger partial charge is 0.191 e. The summed E-state index contributed by atoms with van der Waals surface area (Å²) in [5.74, 6) is 0.850. The number of nitrogens with one attached hydrogen (secondary N) is 2. The van der Waals surface area contributed by atoms with Gasteiger partial charge in [0.25, 0.3) is 0 Å². The number of hydrogen-bond acceptors (Lipinski definition) is 4. The lowest BCUT2D eigenvalue weighted by atomic mass is 9.96. The number of aliphatic imine (C=N–C) groups is 1. The maximum absolute atomic E-state index is 6.17. The van der Waals surface area contributed by atoms with E-state index in [9.17, 15) is 0 Å². The molecule has 0 atom stereocenters. The Morgan fingerprint density at radius 1 is 1.28 bits per heavy atom. The molecule has 2 N–H and O–H groups in total. The van der Waals surface area contributed by atoms with E-state index in [1.165, 1.54) is 36.4 Å². The summed E-state index contributed by atoms with van der Waals surface area (Å²) in [5.41, 5.74) is 2.68. The van der Waals surface area contributed by atoms with Crippen molar-refractivity contribution in [2.45, 2.75) is 37.5 Å². The molecular formula is C21H29ClIN5S. The van der Waals surface area contributed by atoms with Gasteiger partial charge in [0.15, 0.2) is 11.1 Å². The lowest BCUT2D eigenvalue weighted by molar-refractivity contribution is 0.645. The molecule has 1 saturated heterocycles. The Labute approximate surface area is 199 Å². The molecule has 2 aliphatic rings. The number of benzene rings is 1. The minimum atomic E-state index is 0. The van der Waals surface area contributed by atoms with Crippen LogP contribution in [0.3, 0.4) is 0 Å². The van der Waals surface area contributed by atoms with E-state index < -0.39 is 0 Å².